The number of hydrogen-bond donors (Lipinski definition) is 0. The summed E-state index contributed by atoms with van der Waals surface area (Å²) in [6.45, 7) is 2.22. The fourth-order valence-corrected chi connectivity index (χ4v) is 2.05. The van der Waals surface area contributed by atoms with Gasteiger partial charge in [-0.2, -0.15) is 0 Å². The van der Waals surface area contributed by atoms with Crippen molar-refractivity contribution in [3.63, 3.8) is 0 Å². The first-order valence-electron chi connectivity index (χ1n) is 6.32. The molecule has 1 aliphatic heterocycles. The first-order chi connectivity index (χ1) is 8.79. The number of hydrogen-bond acceptors (Lipinski definition) is 3. The predicted molar refractivity (Wildman–Crippen MR) is 69.1 cm³/mol. The van der Waals surface area contributed by atoms with E-state index in [0.717, 1.165) is 12.0 Å². The van der Waals surface area contributed by atoms with Gasteiger partial charge in [0, 0.05) is 0 Å². The monoisotopic (exact) mass is 246 g/mol. The Morgan fingerprint density at radius 3 is 2.89 bits per heavy atom. The van der Waals surface area contributed by atoms with E-state index in [4.69, 9.17) is 9.47 Å². The van der Waals surface area contributed by atoms with Crippen LogP contribution in [0.4, 0.5) is 0 Å². The van der Waals surface area contributed by atoms with Crippen molar-refractivity contribution in [2.75, 3.05) is 6.61 Å². The smallest absolute Gasteiger partial charge is 0.308 e. The summed E-state index contributed by atoms with van der Waals surface area (Å²) in [4.78, 5) is 11.4. The molecule has 0 saturated heterocycles. The van der Waals surface area contributed by atoms with Gasteiger partial charge in [0.2, 0.25) is 0 Å². The standard InChI is InChI=1S/C15H18O3/c1-2-17-15(16)11-13-9-6-10-14(18-13)12-7-4-3-5-8-12/h3-9,13-14H,2,10-11H2,1H3/t13-,14+/m0/s1. The van der Waals surface area contributed by atoms with Crippen LogP contribution in [0.15, 0.2) is 42.5 Å². The van der Waals surface area contributed by atoms with Crippen LogP contribution >= 0.6 is 0 Å². The normalized spacial score (nSPS) is 22.7. The van der Waals surface area contributed by atoms with Crippen molar-refractivity contribution in [2.24, 2.45) is 0 Å². The quantitative estimate of drug-likeness (QED) is 0.605. The second-order valence-corrected chi connectivity index (χ2v) is 4.25. The largest absolute Gasteiger partial charge is 0.466 e. The molecule has 1 aromatic carbocycles. The van der Waals surface area contributed by atoms with Crippen molar-refractivity contribution in [3.8, 4) is 0 Å². The van der Waals surface area contributed by atoms with Crippen LogP contribution in [0.3, 0.4) is 0 Å². The Bertz CT molecular complexity index is 411. The van der Waals surface area contributed by atoms with E-state index in [2.05, 4.69) is 6.08 Å². The van der Waals surface area contributed by atoms with Gasteiger partial charge in [-0.1, -0.05) is 42.5 Å². The number of ether oxygens (including phenoxy) is 2. The topological polar surface area (TPSA) is 35.5 Å². The van der Waals surface area contributed by atoms with Crippen molar-refractivity contribution in [2.45, 2.75) is 32.0 Å². The van der Waals surface area contributed by atoms with Gasteiger partial charge in [-0.15, -0.1) is 0 Å². The molecule has 0 bridgehead atoms. The van der Waals surface area contributed by atoms with Crippen LogP contribution in [0, 0.1) is 0 Å². The maximum atomic E-state index is 11.4. The number of rotatable bonds is 4. The van der Waals surface area contributed by atoms with E-state index in [1.54, 1.807) is 0 Å². The summed E-state index contributed by atoms with van der Waals surface area (Å²) in [6, 6.07) is 10.1. The molecule has 0 aromatic heterocycles. The molecular formula is C15H18O3. The van der Waals surface area contributed by atoms with Gasteiger partial charge in [0.25, 0.3) is 0 Å². The Labute approximate surface area is 107 Å². The summed E-state index contributed by atoms with van der Waals surface area (Å²) in [5, 5.41) is 0. The van der Waals surface area contributed by atoms with Crippen LogP contribution < -0.4 is 0 Å². The lowest BCUT2D eigenvalue weighted by molar-refractivity contribution is -0.146. The minimum Gasteiger partial charge on any atom is -0.466 e. The van der Waals surface area contributed by atoms with Crippen molar-refractivity contribution in [1.82, 2.24) is 0 Å². The van der Waals surface area contributed by atoms with E-state index >= 15 is 0 Å². The van der Waals surface area contributed by atoms with E-state index < -0.39 is 0 Å². The summed E-state index contributed by atoms with van der Waals surface area (Å²) < 4.78 is 10.8. The molecule has 18 heavy (non-hydrogen) atoms. The van der Waals surface area contributed by atoms with Gasteiger partial charge in [-0.05, 0) is 18.9 Å². The van der Waals surface area contributed by atoms with Gasteiger partial charge in [0.05, 0.1) is 25.2 Å². The SMILES string of the molecule is CCOC(=O)C[C@@H]1C=CC[C@H](c2ccccc2)O1. The lowest BCUT2D eigenvalue weighted by atomic mass is 10.0. The molecule has 0 unspecified atom stereocenters. The van der Waals surface area contributed by atoms with E-state index in [1.165, 1.54) is 0 Å². The molecule has 0 spiro atoms. The number of carbonyl (C=O) groups excluding carboxylic acids is 1. The molecule has 1 heterocycles. The molecule has 1 aliphatic rings. The fourth-order valence-electron chi connectivity index (χ4n) is 2.05. The van der Waals surface area contributed by atoms with Crippen LogP contribution in [0.2, 0.25) is 0 Å². The van der Waals surface area contributed by atoms with Crippen molar-refractivity contribution in [3.05, 3.63) is 48.0 Å². The molecule has 3 heteroatoms. The fraction of sp³-hybridized carbons (Fsp3) is 0.400. The summed E-state index contributed by atoms with van der Waals surface area (Å²) in [6.07, 6.45) is 5.01. The highest BCUT2D eigenvalue weighted by atomic mass is 16.5. The molecule has 2 rings (SSSR count). The van der Waals surface area contributed by atoms with Gasteiger partial charge < -0.3 is 9.47 Å². The van der Waals surface area contributed by atoms with E-state index in [1.807, 2.05) is 43.3 Å². The Kier molecular flexibility index (Phi) is 4.53. The highest BCUT2D eigenvalue weighted by Gasteiger charge is 2.22. The van der Waals surface area contributed by atoms with Gasteiger partial charge in [-0.25, -0.2) is 0 Å². The molecule has 0 aliphatic carbocycles. The zero-order valence-corrected chi connectivity index (χ0v) is 10.5. The summed E-state index contributed by atoms with van der Waals surface area (Å²) in [7, 11) is 0. The predicted octanol–water partition coefficient (Wildman–Crippen LogP) is 3.03. The maximum absolute atomic E-state index is 11.4. The van der Waals surface area contributed by atoms with Crippen LogP contribution in [0.5, 0.6) is 0 Å². The average Bonchev–Trinajstić information content (AvgIpc) is 2.40. The molecule has 0 amide bonds. The van der Waals surface area contributed by atoms with Crippen molar-refractivity contribution < 1.29 is 14.3 Å². The Hall–Kier alpha value is -1.61. The molecule has 96 valence electrons. The van der Waals surface area contributed by atoms with E-state index in [9.17, 15) is 4.79 Å². The molecule has 3 nitrogen and oxygen atoms in total. The van der Waals surface area contributed by atoms with Crippen LogP contribution in [-0.4, -0.2) is 18.7 Å². The molecule has 0 saturated carbocycles. The molecule has 0 fully saturated rings. The van der Waals surface area contributed by atoms with E-state index in [-0.39, 0.29) is 24.6 Å². The Morgan fingerprint density at radius 1 is 1.39 bits per heavy atom. The average molecular weight is 246 g/mol. The molecule has 0 radical (unpaired) electrons. The van der Waals surface area contributed by atoms with Crippen LogP contribution in [0.25, 0.3) is 0 Å². The zero-order chi connectivity index (χ0) is 12.8. The van der Waals surface area contributed by atoms with E-state index in [0.29, 0.717) is 6.61 Å². The maximum Gasteiger partial charge on any atom is 0.308 e. The number of esters is 1. The molecule has 2 atom stereocenters. The van der Waals surface area contributed by atoms with Gasteiger partial charge in [0.15, 0.2) is 0 Å². The third kappa shape index (κ3) is 3.44. The zero-order valence-electron chi connectivity index (χ0n) is 10.5. The highest BCUT2D eigenvalue weighted by Crippen LogP contribution is 2.28. The Morgan fingerprint density at radius 2 is 2.17 bits per heavy atom. The first-order valence-corrected chi connectivity index (χ1v) is 6.32. The van der Waals surface area contributed by atoms with Crippen molar-refractivity contribution >= 4 is 5.97 Å². The van der Waals surface area contributed by atoms with Crippen LogP contribution in [-0.2, 0) is 14.3 Å². The minimum atomic E-state index is -0.208. The first kappa shape index (κ1) is 12.8. The lowest BCUT2D eigenvalue weighted by Crippen LogP contribution is -2.22. The molecular weight excluding hydrogens is 228 g/mol. The van der Waals surface area contributed by atoms with Crippen LogP contribution in [0.1, 0.15) is 31.4 Å². The second kappa shape index (κ2) is 6.36. The summed E-state index contributed by atoms with van der Waals surface area (Å²) >= 11 is 0. The van der Waals surface area contributed by atoms with Gasteiger partial charge >= 0.3 is 5.97 Å². The summed E-state index contributed by atoms with van der Waals surface area (Å²) in [5.41, 5.74) is 1.15. The highest BCUT2D eigenvalue weighted by molar-refractivity contribution is 5.70. The molecule has 1 aromatic rings. The molecule has 0 N–H and O–H groups in total. The lowest BCUT2D eigenvalue weighted by Gasteiger charge is -2.25. The Balaban J connectivity index is 1.95. The minimum absolute atomic E-state index is 0.0376. The third-order valence-corrected chi connectivity index (χ3v) is 2.88. The van der Waals surface area contributed by atoms with Gasteiger partial charge in [-0.3, -0.25) is 4.79 Å². The van der Waals surface area contributed by atoms with Gasteiger partial charge in [0.1, 0.15) is 0 Å². The summed E-state index contributed by atoms with van der Waals surface area (Å²) in [5.74, 6) is -0.208. The third-order valence-electron chi connectivity index (χ3n) is 2.88. The second-order valence-electron chi connectivity index (χ2n) is 4.25. The number of benzene rings is 1. The number of carbonyl (C=O) groups is 1. The van der Waals surface area contributed by atoms with Crippen molar-refractivity contribution in [1.29, 1.82) is 0 Å².